The van der Waals surface area contributed by atoms with Crippen LogP contribution in [0.25, 0.3) is 0 Å². The van der Waals surface area contributed by atoms with E-state index in [4.69, 9.17) is 16.3 Å². The minimum absolute atomic E-state index is 0.0686. The van der Waals surface area contributed by atoms with Gasteiger partial charge in [0.05, 0.1) is 17.6 Å². The summed E-state index contributed by atoms with van der Waals surface area (Å²) in [5.74, 6) is 0.325. The first kappa shape index (κ1) is 15.8. The van der Waals surface area contributed by atoms with Crippen LogP contribution in [0.2, 0.25) is 0 Å². The van der Waals surface area contributed by atoms with E-state index < -0.39 is 10.0 Å². The highest BCUT2D eigenvalue weighted by molar-refractivity contribution is 7.89. The van der Waals surface area contributed by atoms with Gasteiger partial charge in [0.25, 0.3) is 0 Å². The Bertz CT molecular complexity index is 574. The molecule has 1 fully saturated rings. The van der Waals surface area contributed by atoms with Crippen LogP contribution < -0.4 is 0 Å². The van der Waals surface area contributed by atoms with Gasteiger partial charge in [-0.15, -0.1) is 11.6 Å². The Balaban J connectivity index is 2.34. The number of alkyl halides is 1. The summed E-state index contributed by atoms with van der Waals surface area (Å²) in [5, 5.41) is 0. The van der Waals surface area contributed by atoms with Crippen LogP contribution in [0.4, 0.5) is 0 Å². The first-order valence-electron chi connectivity index (χ1n) is 6.78. The second kappa shape index (κ2) is 6.43. The summed E-state index contributed by atoms with van der Waals surface area (Å²) in [6, 6.07) is 5.22. The van der Waals surface area contributed by atoms with Crippen molar-refractivity contribution in [2.75, 3.05) is 19.7 Å². The fourth-order valence-electron chi connectivity index (χ4n) is 2.39. The van der Waals surface area contributed by atoms with Crippen molar-refractivity contribution in [2.45, 2.75) is 37.1 Å². The van der Waals surface area contributed by atoms with Gasteiger partial charge in [-0.1, -0.05) is 13.0 Å². The van der Waals surface area contributed by atoms with Gasteiger partial charge in [-0.3, -0.25) is 0 Å². The van der Waals surface area contributed by atoms with Crippen LogP contribution in [0.1, 0.15) is 25.0 Å². The lowest BCUT2D eigenvalue weighted by atomic mass is 10.1. The number of aryl methyl sites for hydroxylation is 1. The van der Waals surface area contributed by atoms with Crippen molar-refractivity contribution in [1.82, 2.24) is 4.31 Å². The molecule has 2 rings (SSSR count). The van der Waals surface area contributed by atoms with Crippen LogP contribution in [0.5, 0.6) is 0 Å². The lowest BCUT2D eigenvalue weighted by Crippen LogP contribution is -2.44. The van der Waals surface area contributed by atoms with Crippen LogP contribution >= 0.6 is 11.6 Å². The molecule has 4 nitrogen and oxygen atoms in total. The summed E-state index contributed by atoms with van der Waals surface area (Å²) >= 11 is 5.91. The summed E-state index contributed by atoms with van der Waals surface area (Å²) in [5.41, 5.74) is 1.98. The van der Waals surface area contributed by atoms with Crippen LogP contribution in [-0.2, 0) is 27.1 Å². The summed E-state index contributed by atoms with van der Waals surface area (Å²) in [4.78, 5) is 0.319. The molecule has 1 aromatic rings. The Labute approximate surface area is 125 Å². The first-order chi connectivity index (χ1) is 9.48. The predicted molar refractivity (Wildman–Crippen MR) is 79.5 cm³/mol. The number of benzene rings is 1. The molecule has 0 N–H and O–H groups in total. The highest BCUT2D eigenvalue weighted by Crippen LogP contribution is 2.23. The Hall–Kier alpha value is -0.620. The molecule has 0 bridgehead atoms. The molecule has 0 saturated carbocycles. The molecule has 1 saturated heterocycles. The first-order valence-corrected chi connectivity index (χ1v) is 8.76. The quantitative estimate of drug-likeness (QED) is 0.801. The van der Waals surface area contributed by atoms with Gasteiger partial charge in [-0.05, 0) is 36.6 Å². The van der Waals surface area contributed by atoms with Crippen molar-refractivity contribution in [3.63, 3.8) is 0 Å². The Morgan fingerprint density at radius 1 is 1.40 bits per heavy atom. The Kier molecular flexibility index (Phi) is 5.07. The molecule has 112 valence electrons. The normalized spacial score (nSPS) is 21.1. The van der Waals surface area contributed by atoms with Crippen LogP contribution in [0.3, 0.4) is 0 Å². The van der Waals surface area contributed by atoms with Crippen LogP contribution in [-0.4, -0.2) is 38.5 Å². The fourth-order valence-corrected chi connectivity index (χ4v) is 4.19. The second-order valence-electron chi connectivity index (χ2n) is 4.96. The van der Waals surface area contributed by atoms with Gasteiger partial charge in [-0.25, -0.2) is 8.42 Å². The smallest absolute Gasteiger partial charge is 0.243 e. The predicted octanol–water partition coefficient (Wildman–Crippen LogP) is 2.40. The van der Waals surface area contributed by atoms with Gasteiger partial charge in [0, 0.05) is 19.0 Å². The number of morpholine rings is 1. The van der Waals surface area contributed by atoms with Crippen molar-refractivity contribution in [3.05, 3.63) is 29.3 Å². The molecule has 1 atom stereocenters. The van der Waals surface area contributed by atoms with Crippen molar-refractivity contribution in [2.24, 2.45) is 0 Å². The number of sulfonamides is 1. The van der Waals surface area contributed by atoms with E-state index in [9.17, 15) is 8.42 Å². The van der Waals surface area contributed by atoms with Crippen LogP contribution in [0, 0.1) is 0 Å². The van der Waals surface area contributed by atoms with Gasteiger partial charge in [0.2, 0.25) is 10.0 Å². The second-order valence-corrected chi connectivity index (χ2v) is 7.17. The van der Waals surface area contributed by atoms with Gasteiger partial charge >= 0.3 is 0 Å². The van der Waals surface area contributed by atoms with Gasteiger partial charge in [-0.2, -0.15) is 4.31 Å². The maximum atomic E-state index is 12.6. The maximum absolute atomic E-state index is 12.6. The number of rotatable bonds is 4. The molecular formula is C14H20ClNO3S. The van der Waals surface area contributed by atoms with Gasteiger partial charge < -0.3 is 4.74 Å². The number of ether oxygens (including phenoxy) is 1. The lowest BCUT2D eigenvalue weighted by Gasteiger charge is -2.30. The molecule has 1 aliphatic heterocycles. The number of halogens is 1. The minimum atomic E-state index is -3.46. The number of hydrogen-bond donors (Lipinski definition) is 0. The van der Waals surface area contributed by atoms with E-state index in [0.717, 1.165) is 17.5 Å². The van der Waals surface area contributed by atoms with E-state index in [1.165, 1.54) is 4.31 Å². The molecule has 6 heteroatoms. The molecule has 1 heterocycles. The maximum Gasteiger partial charge on any atom is 0.243 e. The molecule has 0 spiro atoms. The average Bonchev–Trinajstić information content (AvgIpc) is 2.46. The summed E-state index contributed by atoms with van der Waals surface area (Å²) in [6.07, 6.45) is 0.776. The summed E-state index contributed by atoms with van der Waals surface area (Å²) in [7, 11) is -3.46. The standard InChI is InChI=1S/C14H20ClNO3S/c1-3-12-4-5-14(8-13(12)9-15)20(17,18)16-6-7-19-11(2)10-16/h4-5,8,11H,3,6-7,9-10H2,1-2H3. The SMILES string of the molecule is CCc1ccc(S(=O)(=O)N2CCOC(C)C2)cc1CCl. The van der Waals surface area contributed by atoms with E-state index >= 15 is 0 Å². The van der Waals surface area contributed by atoms with E-state index in [2.05, 4.69) is 0 Å². The molecule has 0 radical (unpaired) electrons. The number of nitrogens with zero attached hydrogens (tertiary/aromatic N) is 1. The van der Waals surface area contributed by atoms with Crippen molar-refractivity contribution in [1.29, 1.82) is 0 Å². The molecule has 20 heavy (non-hydrogen) atoms. The van der Waals surface area contributed by atoms with E-state index in [1.807, 2.05) is 19.9 Å². The Morgan fingerprint density at radius 2 is 2.15 bits per heavy atom. The Morgan fingerprint density at radius 3 is 2.75 bits per heavy atom. The van der Waals surface area contributed by atoms with E-state index in [1.54, 1.807) is 12.1 Å². The molecule has 1 aromatic carbocycles. The fraction of sp³-hybridized carbons (Fsp3) is 0.571. The number of hydrogen-bond acceptors (Lipinski definition) is 3. The molecule has 0 aromatic heterocycles. The summed E-state index contributed by atoms with van der Waals surface area (Å²) in [6.45, 7) is 5.15. The topological polar surface area (TPSA) is 46.6 Å². The van der Waals surface area contributed by atoms with Crippen molar-refractivity contribution >= 4 is 21.6 Å². The summed E-state index contributed by atoms with van der Waals surface area (Å²) < 4.78 is 32.1. The van der Waals surface area contributed by atoms with Gasteiger partial charge in [0.15, 0.2) is 0 Å². The van der Waals surface area contributed by atoms with Crippen molar-refractivity contribution < 1.29 is 13.2 Å². The highest BCUT2D eigenvalue weighted by Gasteiger charge is 2.29. The van der Waals surface area contributed by atoms with E-state index in [0.29, 0.717) is 30.5 Å². The van der Waals surface area contributed by atoms with Crippen LogP contribution in [0.15, 0.2) is 23.1 Å². The molecule has 1 aliphatic rings. The third-order valence-electron chi connectivity index (χ3n) is 3.54. The van der Waals surface area contributed by atoms with Gasteiger partial charge in [0.1, 0.15) is 0 Å². The molecule has 0 aliphatic carbocycles. The zero-order valence-corrected chi connectivity index (χ0v) is 13.4. The zero-order chi connectivity index (χ0) is 14.8. The highest BCUT2D eigenvalue weighted by atomic mass is 35.5. The third-order valence-corrected chi connectivity index (χ3v) is 5.69. The molecular weight excluding hydrogens is 298 g/mol. The largest absolute Gasteiger partial charge is 0.376 e. The molecule has 0 amide bonds. The zero-order valence-electron chi connectivity index (χ0n) is 11.8. The monoisotopic (exact) mass is 317 g/mol. The van der Waals surface area contributed by atoms with Crippen molar-refractivity contribution in [3.8, 4) is 0 Å². The average molecular weight is 318 g/mol. The minimum Gasteiger partial charge on any atom is -0.376 e. The lowest BCUT2D eigenvalue weighted by molar-refractivity contribution is 0.0102. The molecule has 1 unspecified atom stereocenters. The third kappa shape index (κ3) is 3.17. The van der Waals surface area contributed by atoms with E-state index in [-0.39, 0.29) is 6.10 Å².